The van der Waals surface area contributed by atoms with E-state index < -0.39 is 34.5 Å². The summed E-state index contributed by atoms with van der Waals surface area (Å²) in [7, 11) is -1.40. The highest BCUT2D eigenvalue weighted by molar-refractivity contribution is 7.90. The Morgan fingerprint density at radius 1 is 0.929 bits per heavy atom. The predicted octanol–water partition coefficient (Wildman–Crippen LogP) is 4.45. The molecule has 1 aliphatic carbocycles. The smallest absolute Gasteiger partial charge is 0.304 e. The van der Waals surface area contributed by atoms with Crippen LogP contribution in [0.5, 0.6) is 0 Å². The molecule has 0 aliphatic heterocycles. The standard InChI is InChI=1S/C32H39FN4O4S/c1-24-11-7-8-14-26(24)22-36(30(21-25-12-5-4-6-13-25)32(39)34-28-15-9-10-16-28)31(38)23-37(42(40,41)35(2)3)29-19-17-27(33)18-20-29/h4-8,11-14,17-20,28,30H,9-10,15-16,21-23H2,1-3H3,(H,34,39). The lowest BCUT2D eigenvalue weighted by molar-refractivity contribution is -0.140. The van der Waals surface area contributed by atoms with Gasteiger partial charge in [-0.25, -0.2) is 8.70 Å². The maximum absolute atomic E-state index is 14.3. The van der Waals surface area contributed by atoms with Crippen molar-refractivity contribution < 1.29 is 22.4 Å². The maximum Gasteiger partial charge on any atom is 0.304 e. The molecule has 0 heterocycles. The molecule has 1 N–H and O–H groups in total. The molecule has 10 heteroatoms. The molecule has 42 heavy (non-hydrogen) atoms. The van der Waals surface area contributed by atoms with Gasteiger partial charge >= 0.3 is 10.2 Å². The third-order valence-electron chi connectivity index (χ3n) is 7.71. The molecule has 8 nitrogen and oxygen atoms in total. The van der Waals surface area contributed by atoms with E-state index in [4.69, 9.17) is 0 Å². The van der Waals surface area contributed by atoms with E-state index in [-0.39, 0.29) is 30.6 Å². The molecule has 1 saturated carbocycles. The van der Waals surface area contributed by atoms with Crippen LogP contribution in [-0.4, -0.2) is 62.2 Å². The van der Waals surface area contributed by atoms with E-state index in [2.05, 4.69) is 5.32 Å². The Morgan fingerprint density at radius 2 is 1.55 bits per heavy atom. The van der Waals surface area contributed by atoms with Crippen molar-refractivity contribution in [1.29, 1.82) is 0 Å². The number of nitrogens with zero attached hydrogens (tertiary/aromatic N) is 3. The monoisotopic (exact) mass is 594 g/mol. The van der Waals surface area contributed by atoms with E-state index in [1.54, 1.807) is 0 Å². The summed E-state index contributed by atoms with van der Waals surface area (Å²) >= 11 is 0. The summed E-state index contributed by atoms with van der Waals surface area (Å²) in [4.78, 5) is 29.7. The van der Waals surface area contributed by atoms with Crippen LogP contribution in [0.25, 0.3) is 0 Å². The molecule has 224 valence electrons. The summed E-state index contributed by atoms with van der Waals surface area (Å²) in [5.41, 5.74) is 2.81. The molecule has 1 unspecified atom stereocenters. The first-order chi connectivity index (χ1) is 20.1. The highest BCUT2D eigenvalue weighted by Crippen LogP contribution is 2.24. The Morgan fingerprint density at radius 3 is 2.17 bits per heavy atom. The van der Waals surface area contributed by atoms with Crippen molar-refractivity contribution in [1.82, 2.24) is 14.5 Å². The van der Waals surface area contributed by atoms with Gasteiger partial charge in [0.15, 0.2) is 0 Å². The number of rotatable bonds is 12. The van der Waals surface area contributed by atoms with Crippen molar-refractivity contribution >= 4 is 27.7 Å². The lowest BCUT2D eigenvalue weighted by Crippen LogP contribution is -2.55. The Balaban J connectivity index is 1.76. The van der Waals surface area contributed by atoms with Gasteiger partial charge in [0.2, 0.25) is 11.8 Å². The first kappa shape index (κ1) is 31.2. The molecule has 0 radical (unpaired) electrons. The second kappa shape index (κ2) is 13.9. The second-order valence-electron chi connectivity index (χ2n) is 10.9. The SMILES string of the molecule is Cc1ccccc1CN(C(=O)CN(c1ccc(F)cc1)S(=O)(=O)N(C)C)C(Cc1ccccc1)C(=O)NC1CCCC1. The number of amides is 2. The fourth-order valence-electron chi connectivity index (χ4n) is 5.22. The minimum absolute atomic E-state index is 0.0380. The minimum Gasteiger partial charge on any atom is -0.352 e. The van der Waals surface area contributed by atoms with E-state index in [0.29, 0.717) is 0 Å². The van der Waals surface area contributed by atoms with Gasteiger partial charge < -0.3 is 10.2 Å². The quantitative estimate of drug-likeness (QED) is 0.336. The fourth-order valence-corrected chi connectivity index (χ4v) is 6.27. The van der Waals surface area contributed by atoms with E-state index in [9.17, 15) is 22.4 Å². The minimum atomic E-state index is -4.14. The average molecular weight is 595 g/mol. The Bertz CT molecular complexity index is 1460. The number of nitrogens with one attached hydrogen (secondary N) is 1. The summed E-state index contributed by atoms with van der Waals surface area (Å²) in [6, 6.07) is 21.2. The predicted molar refractivity (Wildman–Crippen MR) is 162 cm³/mol. The average Bonchev–Trinajstić information content (AvgIpc) is 3.48. The molecule has 3 aromatic carbocycles. The van der Waals surface area contributed by atoms with Crippen LogP contribution in [0.15, 0.2) is 78.9 Å². The zero-order valence-electron chi connectivity index (χ0n) is 24.4. The molecule has 4 rings (SSSR count). The molecule has 0 spiro atoms. The van der Waals surface area contributed by atoms with Gasteiger partial charge in [-0.3, -0.25) is 9.59 Å². The molecule has 1 aliphatic rings. The van der Waals surface area contributed by atoms with Crippen LogP contribution in [0.2, 0.25) is 0 Å². The molecule has 2 amide bonds. The van der Waals surface area contributed by atoms with Crippen molar-refractivity contribution in [3.8, 4) is 0 Å². The van der Waals surface area contributed by atoms with E-state index in [1.807, 2.05) is 61.5 Å². The molecular formula is C32H39FN4O4S. The Labute approximate surface area is 248 Å². The number of benzene rings is 3. The van der Waals surface area contributed by atoms with Gasteiger partial charge in [-0.1, -0.05) is 67.4 Å². The van der Waals surface area contributed by atoms with E-state index in [1.165, 1.54) is 31.1 Å². The van der Waals surface area contributed by atoms with Crippen LogP contribution in [0.3, 0.4) is 0 Å². The van der Waals surface area contributed by atoms with E-state index >= 15 is 0 Å². The molecule has 0 aromatic heterocycles. The lowest BCUT2D eigenvalue weighted by Gasteiger charge is -2.35. The van der Waals surface area contributed by atoms with Crippen molar-refractivity contribution in [3.05, 3.63) is 101 Å². The van der Waals surface area contributed by atoms with Gasteiger partial charge in [0.25, 0.3) is 0 Å². The normalized spacial score (nSPS) is 14.5. The van der Waals surface area contributed by atoms with Crippen molar-refractivity contribution in [2.75, 3.05) is 24.9 Å². The third kappa shape index (κ3) is 7.74. The van der Waals surface area contributed by atoms with Crippen molar-refractivity contribution in [3.63, 3.8) is 0 Å². The van der Waals surface area contributed by atoms with Crippen molar-refractivity contribution in [2.24, 2.45) is 0 Å². The summed E-state index contributed by atoms with van der Waals surface area (Å²) < 4.78 is 42.5. The van der Waals surface area contributed by atoms with Gasteiger partial charge in [-0.05, 0) is 60.7 Å². The van der Waals surface area contributed by atoms with Crippen LogP contribution in [0, 0.1) is 12.7 Å². The molecule has 0 saturated heterocycles. The summed E-state index contributed by atoms with van der Waals surface area (Å²) in [5, 5.41) is 3.16. The number of anilines is 1. The summed E-state index contributed by atoms with van der Waals surface area (Å²) in [6.45, 7) is 1.48. The Hall–Kier alpha value is -3.76. The molecule has 0 bridgehead atoms. The van der Waals surface area contributed by atoms with Gasteiger partial charge in [-0.15, -0.1) is 0 Å². The lowest BCUT2D eigenvalue weighted by atomic mass is 10.0. The fraction of sp³-hybridized carbons (Fsp3) is 0.375. The molecule has 3 aromatic rings. The van der Waals surface area contributed by atoms with Gasteiger partial charge in [0.05, 0.1) is 5.69 Å². The van der Waals surface area contributed by atoms with Gasteiger partial charge in [0, 0.05) is 33.1 Å². The number of carbonyl (C=O) groups is 2. The van der Waals surface area contributed by atoms with Crippen LogP contribution >= 0.6 is 0 Å². The molecule has 1 fully saturated rings. The highest BCUT2D eigenvalue weighted by atomic mass is 32.2. The van der Waals surface area contributed by atoms with Crippen LogP contribution in [0.4, 0.5) is 10.1 Å². The maximum atomic E-state index is 14.3. The molecular weight excluding hydrogens is 555 g/mol. The van der Waals surface area contributed by atoms with Gasteiger partial charge in [-0.2, -0.15) is 12.7 Å². The molecule has 1 atom stereocenters. The van der Waals surface area contributed by atoms with Gasteiger partial charge in [0.1, 0.15) is 18.4 Å². The number of hydrogen-bond acceptors (Lipinski definition) is 4. The summed E-state index contributed by atoms with van der Waals surface area (Å²) in [5.74, 6) is -1.34. The number of halogens is 1. The topological polar surface area (TPSA) is 90.0 Å². The Kier molecular flexibility index (Phi) is 10.3. The third-order valence-corrected chi connectivity index (χ3v) is 9.53. The zero-order valence-corrected chi connectivity index (χ0v) is 25.2. The number of carbonyl (C=O) groups excluding carboxylic acids is 2. The summed E-state index contributed by atoms with van der Waals surface area (Å²) in [6.07, 6.45) is 4.10. The number of aryl methyl sites for hydroxylation is 1. The largest absolute Gasteiger partial charge is 0.352 e. The zero-order chi connectivity index (χ0) is 30.3. The first-order valence-electron chi connectivity index (χ1n) is 14.2. The second-order valence-corrected chi connectivity index (χ2v) is 13.0. The highest BCUT2D eigenvalue weighted by Gasteiger charge is 2.35. The first-order valence-corrected chi connectivity index (χ1v) is 15.6. The van der Waals surface area contributed by atoms with Crippen LogP contribution in [0.1, 0.15) is 42.4 Å². The number of hydrogen-bond donors (Lipinski definition) is 1. The van der Waals surface area contributed by atoms with Crippen molar-refractivity contribution in [2.45, 2.75) is 57.7 Å². The van der Waals surface area contributed by atoms with Crippen LogP contribution < -0.4 is 9.62 Å². The van der Waals surface area contributed by atoms with E-state index in [0.717, 1.165) is 63.1 Å². The van der Waals surface area contributed by atoms with Crippen LogP contribution in [-0.2, 0) is 32.8 Å².